The first kappa shape index (κ1) is 16.7. The summed E-state index contributed by atoms with van der Waals surface area (Å²) >= 11 is 0. The zero-order valence-electron chi connectivity index (χ0n) is 15.6. The highest BCUT2D eigenvalue weighted by atomic mass is 15.1. The Balaban J connectivity index is 1.33. The molecule has 1 fully saturated rings. The van der Waals surface area contributed by atoms with E-state index >= 15 is 0 Å². The number of hydrogen-bond acceptors (Lipinski definition) is 1. The van der Waals surface area contributed by atoms with Crippen molar-refractivity contribution in [2.75, 3.05) is 11.4 Å². The zero-order valence-corrected chi connectivity index (χ0v) is 15.6. The summed E-state index contributed by atoms with van der Waals surface area (Å²) < 4.78 is 0. The fraction of sp³-hybridized carbons (Fsp3) is 0.500. The fourth-order valence-electron chi connectivity index (χ4n) is 4.58. The molecule has 0 amide bonds. The van der Waals surface area contributed by atoms with Crippen molar-refractivity contribution in [3.8, 4) is 0 Å². The molecule has 2 aromatic rings. The lowest BCUT2D eigenvalue weighted by Gasteiger charge is -2.31. The van der Waals surface area contributed by atoms with E-state index in [-0.39, 0.29) is 0 Å². The third kappa shape index (κ3) is 4.08. The number of hydrogen-bond donors (Lipinski definition) is 0. The van der Waals surface area contributed by atoms with Crippen LogP contribution in [-0.4, -0.2) is 6.54 Å². The zero-order chi connectivity index (χ0) is 17.1. The topological polar surface area (TPSA) is 3.24 Å². The summed E-state index contributed by atoms with van der Waals surface area (Å²) in [5, 5.41) is 0. The summed E-state index contributed by atoms with van der Waals surface area (Å²) in [5.41, 5.74) is 5.91. The van der Waals surface area contributed by atoms with Gasteiger partial charge in [0, 0.05) is 18.8 Å². The minimum atomic E-state index is 0.963. The molecule has 1 nitrogen and oxygen atoms in total. The minimum absolute atomic E-state index is 0.963. The maximum Gasteiger partial charge on any atom is 0.0432 e. The van der Waals surface area contributed by atoms with Gasteiger partial charge in [0.05, 0.1) is 0 Å². The molecule has 2 aliphatic rings. The van der Waals surface area contributed by atoms with Crippen molar-refractivity contribution in [1.82, 2.24) is 0 Å². The normalized spacial score (nSPS) is 23.3. The van der Waals surface area contributed by atoms with Crippen LogP contribution >= 0.6 is 0 Å². The second-order valence-corrected chi connectivity index (χ2v) is 8.27. The van der Waals surface area contributed by atoms with Gasteiger partial charge in [-0.25, -0.2) is 0 Å². The van der Waals surface area contributed by atoms with Crippen molar-refractivity contribution in [3.05, 3.63) is 65.2 Å². The molecule has 4 rings (SSSR count). The Labute approximate surface area is 153 Å². The highest BCUT2D eigenvalue weighted by Gasteiger charge is 2.18. The molecule has 0 N–H and O–H groups in total. The molecule has 1 heteroatoms. The van der Waals surface area contributed by atoms with Crippen LogP contribution in [0.25, 0.3) is 0 Å². The molecule has 1 aliphatic heterocycles. The average Bonchev–Trinajstić information content (AvgIpc) is 2.68. The maximum atomic E-state index is 2.52. The van der Waals surface area contributed by atoms with Crippen molar-refractivity contribution < 1.29 is 0 Å². The molecule has 1 aliphatic carbocycles. The van der Waals surface area contributed by atoms with Gasteiger partial charge in [-0.05, 0) is 59.9 Å². The van der Waals surface area contributed by atoms with Crippen molar-refractivity contribution in [2.24, 2.45) is 11.8 Å². The Morgan fingerprint density at radius 2 is 1.60 bits per heavy atom. The molecule has 0 atom stereocenters. The van der Waals surface area contributed by atoms with Gasteiger partial charge >= 0.3 is 0 Å². The second kappa shape index (κ2) is 7.64. The fourth-order valence-corrected chi connectivity index (χ4v) is 4.58. The van der Waals surface area contributed by atoms with Gasteiger partial charge in [0.2, 0.25) is 0 Å². The molecule has 0 unspecified atom stereocenters. The van der Waals surface area contributed by atoms with E-state index in [0.717, 1.165) is 31.3 Å². The standard InChI is InChI=1S/C24H31N/c1-19-6-8-20(9-7-19)10-11-21-12-14-24(15-13-21)25-17-16-22-4-2-3-5-23(22)18-25/h2-5,12-15,19-20H,6-11,16-18H2,1H3. The highest BCUT2D eigenvalue weighted by Crippen LogP contribution is 2.31. The second-order valence-electron chi connectivity index (χ2n) is 8.27. The van der Waals surface area contributed by atoms with Crippen molar-refractivity contribution in [2.45, 2.75) is 58.4 Å². The van der Waals surface area contributed by atoms with Gasteiger partial charge in [0.1, 0.15) is 0 Å². The van der Waals surface area contributed by atoms with Crippen molar-refractivity contribution >= 4 is 5.69 Å². The predicted octanol–water partition coefficient (Wildman–Crippen LogP) is 6.01. The van der Waals surface area contributed by atoms with Crippen LogP contribution in [0, 0.1) is 11.8 Å². The first-order valence-corrected chi connectivity index (χ1v) is 10.2. The summed E-state index contributed by atoms with van der Waals surface area (Å²) in [6, 6.07) is 18.3. The van der Waals surface area contributed by atoms with E-state index in [1.165, 1.54) is 60.9 Å². The SMILES string of the molecule is CC1CCC(CCc2ccc(N3CCc4ccccc4C3)cc2)CC1. The molecule has 1 saturated carbocycles. The molecule has 2 aromatic carbocycles. The van der Waals surface area contributed by atoms with Crippen molar-refractivity contribution in [3.63, 3.8) is 0 Å². The lowest BCUT2D eigenvalue weighted by Crippen LogP contribution is -2.30. The average molecular weight is 334 g/mol. The smallest absolute Gasteiger partial charge is 0.0432 e. The van der Waals surface area contributed by atoms with E-state index in [2.05, 4.69) is 60.4 Å². The van der Waals surface area contributed by atoms with Crippen LogP contribution in [0.15, 0.2) is 48.5 Å². The van der Waals surface area contributed by atoms with E-state index in [1.54, 1.807) is 0 Å². The van der Waals surface area contributed by atoms with Gasteiger partial charge in [0.25, 0.3) is 0 Å². The molecule has 0 spiro atoms. The highest BCUT2D eigenvalue weighted by molar-refractivity contribution is 5.50. The molecule has 25 heavy (non-hydrogen) atoms. The van der Waals surface area contributed by atoms with Crippen LogP contribution in [0.2, 0.25) is 0 Å². The molecule has 0 radical (unpaired) electrons. The van der Waals surface area contributed by atoms with Gasteiger partial charge < -0.3 is 4.90 Å². The summed E-state index contributed by atoms with van der Waals surface area (Å²) in [6.07, 6.45) is 9.59. The number of benzene rings is 2. The third-order valence-electron chi connectivity index (χ3n) is 6.41. The van der Waals surface area contributed by atoms with Crippen LogP contribution in [0.3, 0.4) is 0 Å². The summed E-state index contributed by atoms with van der Waals surface area (Å²) in [7, 11) is 0. The Hall–Kier alpha value is -1.76. The van der Waals surface area contributed by atoms with E-state index in [9.17, 15) is 0 Å². The lowest BCUT2D eigenvalue weighted by atomic mass is 9.80. The first-order chi connectivity index (χ1) is 12.3. The predicted molar refractivity (Wildman–Crippen MR) is 107 cm³/mol. The number of fused-ring (bicyclic) bond motifs is 1. The Morgan fingerprint density at radius 1 is 0.880 bits per heavy atom. The number of aryl methyl sites for hydroxylation is 1. The third-order valence-corrected chi connectivity index (χ3v) is 6.41. The number of rotatable bonds is 4. The molecular weight excluding hydrogens is 302 g/mol. The van der Waals surface area contributed by atoms with Gasteiger partial charge in [0.15, 0.2) is 0 Å². The molecular formula is C24H31N. The Morgan fingerprint density at radius 3 is 2.36 bits per heavy atom. The minimum Gasteiger partial charge on any atom is -0.367 e. The van der Waals surface area contributed by atoms with Crippen LogP contribution in [-0.2, 0) is 19.4 Å². The summed E-state index contributed by atoms with van der Waals surface area (Å²) in [6.45, 7) is 4.60. The summed E-state index contributed by atoms with van der Waals surface area (Å²) in [4.78, 5) is 2.52. The van der Waals surface area contributed by atoms with Gasteiger partial charge in [-0.2, -0.15) is 0 Å². The number of anilines is 1. The largest absolute Gasteiger partial charge is 0.367 e. The first-order valence-electron chi connectivity index (χ1n) is 10.2. The van der Waals surface area contributed by atoms with E-state index in [4.69, 9.17) is 0 Å². The van der Waals surface area contributed by atoms with E-state index < -0.39 is 0 Å². The van der Waals surface area contributed by atoms with E-state index in [0.29, 0.717) is 0 Å². The van der Waals surface area contributed by atoms with Crippen LogP contribution < -0.4 is 4.90 Å². The van der Waals surface area contributed by atoms with Gasteiger partial charge in [-0.15, -0.1) is 0 Å². The molecule has 0 bridgehead atoms. The molecule has 0 aromatic heterocycles. The van der Waals surface area contributed by atoms with Gasteiger partial charge in [-0.1, -0.05) is 69.0 Å². The molecule has 1 heterocycles. The number of nitrogens with zero attached hydrogens (tertiary/aromatic N) is 1. The summed E-state index contributed by atoms with van der Waals surface area (Å²) in [5.74, 6) is 1.93. The van der Waals surface area contributed by atoms with Crippen LogP contribution in [0.4, 0.5) is 5.69 Å². The maximum absolute atomic E-state index is 2.52. The monoisotopic (exact) mass is 333 g/mol. The lowest BCUT2D eigenvalue weighted by molar-refractivity contribution is 0.278. The van der Waals surface area contributed by atoms with Crippen LogP contribution in [0.1, 0.15) is 55.7 Å². The van der Waals surface area contributed by atoms with Gasteiger partial charge in [-0.3, -0.25) is 0 Å². The van der Waals surface area contributed by atoms with Crippen LogP contribution in [0.5, 0.6) is 0 Å². The molecule has 0 saturated heterocycles. The molecule has 132 valence electrons. The quantitative estimate of drug-likeness (QED) is 0.662. The Kier molecular flexibility index (Phi) is 5.10. The van der Waals surface area contributed by atoms with Crippen molar-refractivity contribution in [1.29, 1.82) is 0 Å². The Bertz CT molecular complexity index is 679. The van der Waals surface area contributed by atoms with E-state index in [1.807, 2.05) is 0 Å².